The van der Waals surface area contributed by atoms with Crippen molar-refractivity contribution < 1.29 is 14.0 Å². The van der Waals surface area contributed by atoms with Gasteiger partial charge < -0.3 is 9.32 Å². The molecule has 6 nitrogen and oxygen atoms in total. The van der Waals surface area contributed by atoms with Gasteiger partial charge in [0, 0.05) is 34.8 Å². The summed E-state index contributed by atoms with van der Waals surface area (Å²) in [6.45, 7) is 3.97. The summed E-state index contributed by atoms with van der Waals surface area (Å²) in [5.41, 5.74) is 7.83. The van der Waals surface area contributed by atoms with Gasteiger partial charge in [-0.25, -0.2) is 5.43 Å². The number of fused-ring (bicyclic) bond motifs is 3. The van der Waals surface area contributed by atoms with E-state index in [1.807, 2.05) is 66.4 Å². The van der Waals surface area contributed by atoms with Crippen LogP contribution in [-0.2, 0) is 12.8 Å². The molecule has 6 rings (SSSR count). The van der Waals surface area contributed by atoms with Gasteiger partial charge in [-0.3, -0.25) is 9.59 Å². The molecule has 1 atom stereocenters. The molecule has 2 heterocycles. The molecule has 0 bridgehead atoms. The van der Waals surface area contributed by atoms with Gasteiger partial charge in [0.25, 0.3) is 11.8 Å². The number of aryl methyl sites for hydroxylation is 1. The van der Waals surface area contributed by atoms with Crippen molar-refractivity contribution in [2.24, 2.45) is 5.10 Å². The molecule has 1 aromatic heterocycles. The van der Waals surface area contributed by atoms with Crippen LogP contribution in [0, 0.1) is 6.92 Å². The van der Waals surface area contributed by atoms with Crippen molar-refractivity contribution in [2.75, 3.05) is 4.90 Å². The van der Waals surface area contributed by atoms with Gasteiger partial charge in [-0.05, 0) is 61.6 Å². The van der Waals surface area contributed by atoms with E-state index in [1.165, 1.54) is 5.56 Å². The van der Waals surface area contributed by atoms with Gasteiger partial charge in [0.1, 0.15) is 5.76 Å². The first-order valence-corrected chi connectivity index (χ1v) is 12.4. The number of para-hydroxylation sites is 1. The minimum Gasteiger partial charge on any atom is -0.455 e. The predicted molar refractivity (Wildman–Crippen MR) is 141 cm³/mol. The lowest BCUT2D eigenvalue weighted by Gasteiger charge is -2.21. The number of amides is 2. The number of rotatable bonds is 3. The van der Waals surface area contributed by atoms with E-state index >= 15 is 0 Å². The summed E-state index contributed by atoms with van der Waals surface area (Å²) in [6.07, 6.45) is 3.12. The Hall–Kier alpha value is -4.19. The summed E-state index contributed by atoms with van der Waals surface area (Å²) in [5.74, 6) is 0.740. The summed E-state index contributed by atoms with van der Waals surface area (Å²) < 4.78 is 6.17. The van der Waals surface area contributed by atoms with E-state index in [4.69, 9.17) is 4.42 Å². The number of nitrogens with zero attached hydrogens (tertiary/aromatic N) is 2. The molecule has 2 aliphatic rings. The summed E-state index contributed by atoms with van der Waals surface area (Å²) in [4.78, 5) is 28.5. The Balaban J connectivity index is 1.31. The third-order valence-electron chi connectivity index (χ3n) is 7.27. The molecule has 3 aromatic carbocycles. The van der Waals surface area contributed by atoms with Crippen LogP contribution in [0.2, 0.25) is 0 Å². The minimum atomic E-state index is -0.258. The van der Waals surface area contributed by atoms with Crippen molar-refractivity contribution in [3.63, 3.8) is 0 Å². The number of hydrogen-bond acceptors (Lipinski definition) is 4. The second-order valence-electron chi connectivity index (χ2n) is 9.59. The van der Waals surface area contributed by atoms with Crippen LogP contribution in [0.25, 0.3) is 10.8 Å². The first-order chi connectivity index (χ1) is 17.5. The standard InChI is InChI=1S/C30H27N3O3/c1-18-17-21-10-4-6-15-25(21)33(18)30(35)28-19(2)27-24(14-8-16-26(27)36-28)31-32-29(34)23-13-7-11-20-9-3-5-12-22(20)23/h3-7,9-13,15,18H,8,14,16-17H2,1-2H3,(H,32,34)/b31-24+. The van der Waals surface area contributed by atoms with Crippen LogP contribution in [0.1, 0.15) is 63.1 Å². The van der Waals surface area contributed by atoms with Gasteiger partial charge >= 0.3 is 0 Å². The molecule has 1 aliphatic carbocycles. The van der Waals surface area contributed by atoms with Gasteiger partial charge in [-0.1, -0.05) is 54.6 Å². The van der Waals surface area contributed by atoms with E-state index in [0.717, 1.165) is 58.3 Å². The number of carbonyl (C=O) groups excluding carboxylic acids is 2. The van der Waals surface area contributed by atoms with Gasteiger partial charge in [0.2, 0.25) is 0 Å². The molecule has 4 aromatic rings. The van der Waals surface area contributed by atoms with E-state index < -0.39 is 0 Å². The Labute approximate surface area is 209 Å². The van der Waals surface area contributed by atoms with E-state index in [2.05, 4.69) is 23.5 Å². The Morgan fingerprint density at radius 3 is 2.67 bits per heavy atom. The zero-order valence-corrected chi connectivity index (χ0v) is 20.4. The molecule has 36 heavy (non-hydrogen) atoms. The molecule has 6 heteroatoms. The second-order valence-corrected chi connectivity index (χ2v) is 9.59. The van der Waals surface area contributed by atoms with E-state index in [1.54, 1.807) is 6.07 Å². The van der Waals surface area contributed by atoms with Gasteiger partial charge in [-0.2, -0.15) is 5.10 Å². The highest BCUT2D eigenvalue weighted by atomic mass is 16.4. The highest BCUT2D eigenvalue weighted by Gasteiger charge is 2.36. The first kappa shape index (κ1) is 22.3. The first-order valence-electron chi connectivity index (χ1n) is 12.4. The van der Waals surface area contributed by atoms with Crippen molar-refractivity contribution in [2.45, 2.75) is 45.6 Å². The van der Waals surface area contributed by atoms with Crippen LogP contribution in [0.3, 0.4) is 0 Å². The fourth-order valence-corrected chi connectivity index (χ4v) is 5.57. The fraction of sp³-hybridized carbons (Fsp3) is 0.233. The van der Waals surface area contributed by atoms with Crippen molar-refractivity contribution in [3.05, 3.63) is 101 Å². The summed E-state index contributed by atoms with van der Waals surface area (Å²) in [7, 11) is 0. The van der Waals surface area contributed by atoms with E-state index in [9.17, 15) is 9.59 Å². The fourth-order valence-electron chi connectivity index (χ4n) is 5.57. The third-order valence-corrected chi connectivity index (χ3v) is 7.27. The van der Waals surface area contributed by atoms with Gasteiger partial charge in [0.15, 0.2) is 5.76 Å². The molecule has 0 spiro atoms. The molecule has 1 unspecified atom stereocenters. The van der Waals surface area contributed by atoms with Crippen LogP contribution in [0.5, 0.6) is 0 Å². The lowest BCUT2D eigenvalue weighted by Crippen LogP contribution is -2.35. The number of hydrazone groups is 1. The highest BCUT2D eigenvalue weighted by molar-refractivity contribution is 6.12. The lowest BCUT2D eigenvalue weighted by molar-refractivity contribution is 0.0946. The molecule has 0 saturated carbocycles. The number of anilines is 1. The maximum Gasteiger partial charge on any atom is 0.294 e. The van der Waals surface area contributed by atoms with Crippen molar-refractivity contribution >= 4 is 34.0 Å². The Bertz CT molecular complexity index is 1540. The largest absolute Gasteiger partial charge is 0.455 e. The van der Waals surface area contributed by atoms with Crippen molar-refractivity contribution in [1.82, 2.24) is 5.43 Å². The third kappa shape index (κ3) is 3.61. The Morgan fingerprint density at radius 2 is 1.78 bits per heavy atom. The SMILES string of the molecule is Cc1c(C(=O)N2c3ccccc3CC2C)oc2c1/C(=N/NC(=O)c1cccc3ccccc13)CCC2. The minimum absolute atomic E-state index is 0.0598. The lowest BCUT2D eigenvalue weighted by atomic mass is 9.93. The van der Waals surface area contributed by atoms with Crippen molar-refractivity contribution in [1.29, 1.82) is 0 Å². The topological polar surface area (TPSA) is 74.9 Å². The van der Waals surface area contributed by atoms with Crippen molar-refractivity contribution in [3.8, 4) is 0 Å². The maximum atomic E-state index is 13.7. The number of nitrogens with one attached hydrogen (secondary N) is 1. The quantitative estimate of drug-likeness (QED) is 0.379. The maximum absolute atomic E-state index is 13.7. The smallest absolute Gasteiger partial charge is 0.294 e. The summed E-state index contributed by atoms with van der Waals surface area (Å²) >= 11 is 0. The molecule has 180 valence electrons. The van der Waals surface area contributed by atoms with Crippen LogP contribution in [0.4, 0.5) is 5.69 Å². The summed E-state index contributed by atoms with van der Waals surface area (Å²) in [5, 5.41) is 6.41. The molecule has 2 amide bonds. The number of benzene rings is 3. The molecule has 0 radical (unpaired) electrons. The number of carbonyl (C=O) groups is 2. The number of furan rings is 1. The van der Waals surface area contributed by atoms with Gasteiger partial charge in [-0.15, -0.1) is 0 Å². The molecule has 0 saturated heterocycles. The van der Waals surface area contributed by atoms with E-state index in [-0.39, 0.29) is 17.9 Å². The monoisotopic (exact) mass is 477 g/mol. The van der Waals surface area contributed by atoms with Crippen LogP contribution < -0.4 is 10.3 Å². The molecule has 1 N–H and O–H groups in total. The second kappa shape index (κ2) is 8.79. The summed E-state index contributed by atoms with van der Waals surface area (Å²) in [6, 6.07) is 21.5. The zero-order valence-electron chi connectivity index (χ0n) is 20.4. The normalized spacial score (nSPS) is 17.8. The highest BCUT2D eigenvalue weighted by Crippen LogP contribution is 2.36. The predicted octanol–water partition coefficient (Wildman–Crippen LogP) is 5.80. The van der Waals surface area contributed by atoms with Crippen LogP contribution in [0.15, 0.2) is 76.2 Å². The van der Waals surface area contributed by atoms with Crippen LogP contribution >= 0.6 is 0 Å². The zero-order chi connectivity index (χ0) is 24.8. The van der Waals surface area contributed by atoms with E-state index in [0.29, 0.717) is 17.7 Å². The molecule has 1 aliphatic heterocycles. The molecular weight excluding hydrogens is 450 g/mol. The van der Waals surface area contributed by atoms with Gasteiger partial charge in [0.05, 0.1) is 5.71 Å². The average molecular weight is 478 g/mol. The Kier molecular flexibility index (Phi) is 5.44. The molecular formula is C30H27N3O3. The Morgan fingerprint density at radius 1 is 1.00 bits per heavy atom. The van der Waals surface area contributed by atoms with Crippen LogP contribution in [-0.4, -0.2) is 23.6 Å². The number of hydrogen-bond donors (Lipinski definition) is 1. The molecule has 0 fully saturated rings. The average Bonchev–Trinajstić information content (AvgIpc) is 3.42.